The van der Waals surface area contributed by atoms with Gasteiger partial charge in [0.25, 0.3) is 0 Å². The predicted molar refractivity (Wildman–Crippen MR) is 142 cm³/mol. The lowest BCUT2D eigenvalue weighted by Gasteiger charge is -2.68. The first-order valence-electron chi connectivity index (χ1n) is 14.0. The minimum atomic E-state index is -2.31. The molecule has 0 amide bonds. The van der Waals surface area contributed by atoms with Crippen LogP contribution in [0.3, 0.4) is 0 Å². The van der Waals surface area contributed by atoms with Gasteiger partial charge in [-0.1, -0.05) is 34.6 Å². The van der Waals surface area contributed by atoms with E-state index in [0.29, 0.717) is 5.57 Å². The minimum Gasteiger partial charge on any atom is -0.454 e. The van der Waals surface area contributed by atoms with E-state index < -0.39 is 78.5 Å². The highest BCUT2D eigenvalue weighted by Gasteiger charge is 2.77. The van der Waals surface area contributed by atoms with Gasteiger partial charge in [0.15, 0.2) is 19.7 Å². The van der Waals surface area contributed by atoms with Gasteiger partial charge in [0.1, 0.15) is 17.8 Å². The Kier molecular flexibility index (Phi) is 7.43. The Morgan fingerprint density at radius 1 is 1.11 bits per heavy atom. The summed E-state index contributed by atoms with van der Waals surface area (Å²) in [6.07, 6.45) is -5.75. The number of fused-ring (bicyclic) bond motifs is 5. The second-order valence-electron chi connectivity index (χ2n) is 12.8. The van der Waals surface area contributed by atoms with Crippen molar-refractivity contribution in [3.05, 3.63) is 11.1 Å². The summed E-state index contributed by atoms with van der Waals surface area (Å²) in [5.41, 5.74) is -5.49. The maximum Gasteiger partial charge on any atom is 0.303 e. The number of esters is 1. The predicted octanol–water partition coefficient (Wildman–Crippen LogP) is 2.25. The van der Waals surface area contributed by atoms with Crippen LogP contribution in [0.4, 0.5) is 0 Å². The number of hydrogen-bond donors (Lipinski definition) is 4. The number of carbonyl (C=O) groups excluding carboxylic acids is 2. The zero-order valence-electron chi connectivity index (χ0n) is 24.0. The Morgan fingerprint density at radius 2 is 1.68 bits per heavy atom. The van der Waals surface area contributed by atoms with Crippen LogP contribution in [0.5, 0.6) is 0 Å². The molecule has 0 radical (unpaired) electrons. The SMILES string of the molecule is CC[Si](CC)(CC)O[C@H]1C[C@H]2OC[C@@]2(OC(C)=O)[C@H]2[C@H](O)[C@]3(O)C[C@H](O)C(C)=C([C@@H](O)C(=O)[C@]12C)C3(C)C. The maximum absolute atomic E-state index is 14.6. The average Bonchev–Trinajstić information content (AvgIpc) is 2.84. The summed E-state index contributed by atoms with van der Waals surface area (Å²) in [7, 11) is -2.31. The molecule has 216 valence electrons. The zero-order valence-corrected chi connectivity index (χ0v) is 25.0. The van der Waals surface area contributed by atoms with Crippen molar-refractivity contribution in [2.24, 2.45) is 16.7 Å². The third-order valence-corrected chi connectivity index (χ3v) is 15.7. The summed E-state index contributed by atoms with van der Waals surface area (Å²) in [6.45, 7) is 14.1. The van der Waals surface area contributed by atoms with E-state index in [-0.39, 0.29) is 25.0 Å². The number of Topliss-reactive ketones (excluding diaryl/α,β-unsaturated/α-hetero) is 1. The van der Waals surface area contributed by atoms with Gasteiger partial charge in [-0.2, -0.15) is 0 Å². The number of ether oxygens (including phenoxy) is 2. The van der Waals surface area contributed by atoms with Crippen molar-refractivity contribution in [1.29, 1.82) is 0 Å². The minimum absolute atomic E-state index is 0.0522. The van der Waals surface area contributed by atoms with E-state index in [2.05, 4.69) is 20.8 Å². The average molecular weight is 555 g/mol. The summed E-state index contributed by atoms with van der Waals surface area (Å²) in [6, 6.07) is 2.47. The molecule has 0 aromatic carbocycles. The van der Waals surface area contributed by atoms with Crippen LogP contribution in [0, 0.1) is 16.7 Å². The smallest absolute Gasteiger partial charge is 0.303 e. The fraction of sp³-hybridized carbons (Fsp3) is 0.857. The summed E-state index contributed by atoms with van der Waals surface area (Å²) in [5, 5.41) is 47.3. The molecule has 2 saturated carbocycles. The van der Waals surface area contributed by atoms with Crippen molar-refractivity contribution in [2.75, 3.05) is 6.61 Å². The van der Waals surface area contributed by atoms with Crippen LogP contribution in [0.15, 0.2) is 11.1 Å². The van der Waals surface area contributed by atoms with Crippen LogP contribution in [-0.4, -0.2) is 88.8 Å². The first kappa shape index (κ1) is 29.8. The van der Waals surface area contributed by atoms with Crippen molar-refractivity contribution in [3.8, 4) is 0 Å². The molecule has 0 aromatic rings. The molecule has 3 aliphatic carbocycles. The summed E-state index contributed by atoms with van der Waals surface area (Å²) < 4.78 is 18.8. The van der Waals surface area contributed by atoms with Crippen LogP contribution in [0.2, 0.25) is 18.1 Å². The first-order chi connectivity index (χ1) is 17.5. The van der Waals surface area contributed by atoms with Gasteiger partial charge in [0.05, 0.1) is 30.3 Å². The highest BCUT2D eigenvalue weighted by molar-refractivity contribution is 6.73. The van der Waals surface area contributed by atoms with Crippen molar-refractivity contribution in [3.63, 3.8) is 0 Å². The molecule has 9 nitrogen and oxygen atoms in total. The number of rotatable bonds is 6. The maximum atomic E-state index is 14.6. The zero-order chi connectivity index (χ0) is 28.6. The van der Waals surface area contributed by atoms with Crippen molar-refractivity contribution < 1.29 is 43.9 Å². The van der Waals surface area contributed by atoms with Crippen molar-refractivity contribution >= 4 is 20.1 Å². The summed E-state index contributed by atoms with van der Waals surface area (Å²) >= 11 is 0. The van der Waals surface area contributed by atoms with Gasteiger partial charge in [0.2, 0.25) is 0 Å². The van der Waals surface area contributed by atoms with Gasteiger partial charge in [-0.15, -0.1) is 0 Å². The lowest BCUT2D eigenvalue weighted by Crippen LogP contribution is -2.82. The largest absolute Gasteiger partial charge is 0.454 e. The van der Waals surface area contributed by atoms with E-state index in [1.54, 1.807) is 27.7 Å². The quantitative estimate of drug-likeness (QED) is 0.221. The van der Waals surface area contributed by atoms with Crippen LogP contribution >= 0.6 is 0 Å². The van der Waals surface area contributed by atoms with E-state index in [9.17, 15) is 30.0 Å². The van der Waals surface area contributed by atoms with E-state index >= 15 is 0 Å². The van der Waals surface area contributed by atoms with Gasteiger partial charge in [0, 0.05) is 31.1 Å². The topological polar surface area (TPSA) is 143 Å². The molecule has 3 fully saturated rings. The Balaban J connectivity index is 2.02. The fourth-order valence-electron chi connectivity index (χ4n) is 8.23. The van der Waals surface area contributed by atoms with Crippen LogP contribution in [0.1, 0.15) is 68.2 Å². The van der Waals surface area contributed by atoms with Gasteiger partial charge >= 0.3 is 5.97 Å². The Hall–Kier alpha value is -1.14. The van der Waals surface area contributed by atoms with Crippen LogP contribution in [-0.2, 0) is 23.5 Å². The van der Waals surface area contributed by atoms with Gasteiger partial charge in [-0.3, -0.25) is 9.59 Å². The molecule has 0 aromatic heterocycles. The molecular formula is C28H46O9Si. The van der Waals surface area contributed by atoms with Crippen LogP contribution in [0.25, 0.3) is 0 Å². The summed E-state index contributed by atoms with van der Waals surface area (Å²) in [4.78, 5) is 27.0. The third-order valence-electron chi connectivity index (χ3n) is 11.0. The number of ketones is 1. The normalized spacial score (nSPS) is 44.4. The fourth-order valence-corrected chi connectivity index (χ4v) is 11.2. The highest BCUT2D eigenvalue weighted by atomic mass is 28.4. The summed E-state index contributed by atoms with van der Waals surface area (Å²) in [5.74, 6) is -2.30. The van der Waals surface area contributed by atoms with Gasteiger partial charge < -0.3 is 34.3 Å². The Bertz CT molecular complexity index is 1010. The standard InChI is InChI=1S/C28H46O9Si/c1-9-38(10-2,11-3)37-18-12-19-27(14-35-19,36-16(5)29)22-24(33)28(34)13-17(30)15(4)20(25(28,6)7)21(31)23(32)26(18,22)8/h17-19,21-22,24,30-31,33-34H,9-14H2,1-8H3/t17-,18-,19+,21+,22-,24-,26+,27-,28+/m0/s1. The van der Waals surface area contributed by atoms with E-state index in [1.165, 1.54) is 6.92 Å². The molecule has 4 N–H and O–H groups in total. The number of aliphatic hydroxyl groups excluding tert-OH is 3. The molecule has 10 heteroatoms. The molecule has 0 unspecified atom stereocenters. The molecule has 4 aliphatic rings. The first-order valence-corrected chi connectivity index (χ1v) is 16.6. The third kappa shape index (κ3) is 3.70. The second-order valence-corrected chi connectivity index (χ2v) is 17.5. The molecule has 1 saturated heterocycles. The van der Waals surface area contributed by atoms with Crippen LogP contribution < -0.4 is 0 Å². The van der Waals surface area contributed by atoms with Crippen molar-refractivity contribution in [1.82, 2.24) is 0 Å². The number of aliphatic hydroxyl groups is 4. The van der Waals surface area contributed by atoms with Crippen molar-refractivity contribution in [2.45, 2.75) is 128 Å². The molecule has 0 spiro atoms. The van der Waals surface area contributed by atoms with E-state index in [4.69, 9.17) is 13.9 Å². The van der Waals surface area contributed by atoms with E-state index in [0.717, 1.165) is 18.1 Å². The molecule has 9 atom stereocenters. The number of hydrogen-bond acceptors (Lipinski definition) is 9. The lowest BCUT2D eigenvalue weighted by atomic mass is 9.45. The lowest BCUT2D eigenvalue weighted by molar-refractivity contribution is -0.345. The molecule has 38 heavy (non-hydrogen) atoms. The van der Waals surface area contributed by atoms with Gasteiger partial charge in [-0.05, 0) is 43.1 Å². The molecule has 2 bridgehead atoms. The highest BCUT2D eigenvalue weighted by Crippen LogP contribution is 2.63. The Morgan fingerprint density at radius 3 is 2.16 bits per heavy atom. The molecular weight excluding hydrogens is 508 g/mol. The number of carbonyl (C=O) groups is 2. The monoisotopic (exact) mass is 554 g/mol. The second kappa shape index (κ2) is 9.46. The molecule has 1 heterocycles. The Labute approximate surface area is 226 Å². The van der Waals surface area contributed by atoms with Gasteiger partial charge in [-0.25, -0.2) is 0 Å². The molecule has 4 rings (SSSR count). The molecule has 1 aliphatic heterocycles. The van der Waals surface area contributed by atoms with E-state index in [1.807, 2.05) is 0 Å².